The molecule has 2 aromatic rings. The van der Waals surface area contributed by atoms with Gasteiger partial charge >= 0.3 is 0 Å². The van der Waals surface area contributed by atoms with Gasteiger partial charge in [-0.15, -0.1) is 0 Å². The van der Waals surface area contributed by atoms with E-state index in [1.807, 2.05) is 43.5 Å². The van der Waals surface area contributed by atoms with Gasteiger partial charge in [-0.3, -0.25) is 0 Å². The second-order valence-electron chi connectivity index (χ2n) is 4.88. The highest BCUT2D eigenvalue weighted by Crippen LogP contribution is 2.28. The Bertz CT molecular complexity index is 571. The van der Waals surface area contributed by atoms with E-state index in [-0.39, 0.29) is 12.2 Å². The Morgan fingerprint density at radius 2 is 2.00 bits per heavy atom. The quantitative estimate of drug-likeness (QED) is 0.895. The zero-order valence-electron chi connectivity index (χ0n) is 11.1. The van der Waals surface area contributed by atoms with Crippen molar-refractivity contribution in [2.75, 3.05) is 5.32 Å². The van der Waals surface area contributed by atoms with E-state index in [0.717, 1.165) is 23.4 Å². The number of para-hydroxylation sites is 1. The van der Waals surface area contributed by atoms with Crippen molar-refractivity contribution in [3.8, 4) is 0 Å². The second-order valence-corrected chi connectivity index (χ2v) is 4.88. The van der Waals surface area contributed by atoms with E-state index < -0.39 is 0 Å². The summed E-state index contributed by atoms with van der Waals surface area (Å²) in [6.45, 7) is 4.12. The van der Waals surface area contributed by atoms with Crippen molar-refractivity contribution in [2.45, 2.75) is 32.5 Å². The van der Waals surface area contributed by atoms with Crippen LogP contribution in [0.5, 0.6) is 0 Å². The standard InChI is InChI=1S/C15H17N3O/c1-10-8-14-13(11(2)19-10)9-16-15(18-14)17-12-6-4-3-5-7-12/h3-7,9-11H,8H2,1-2H3,(H,16,17,18). The molecule has 3 rings (SSSR count). The molecule has 19 heavy (non-hydrogen) atoms. The summed E-state index contributed by atoms with van der Waals surface area (Å²) in [5, 5.41) is 3.22. The fourth-order valence-corrected chi connectivity index (χ4v) is 2.38. The Hall–Kier alpha value is -1.94. The lowest BCUT2D eigenvalue weighted by molar-refractivity contribution is -0.00615. The van der Waals surface area contributed by atoms with Gasteiger partial charge in [-0.1, -0.05) is 18.2 Å². The van der Waals surface area contributed by atoms with Crippen LogP contribution < -0.4 is 5.32 Å². The van der Waals surface area contributed by atoms with Crippen LogP contribution in [0.2, 0.25) is 0 Å². The molecule has 4 nitrogen and oxygen atoms in total. The largest absolute Gasteiger partial charge is 0.370 e. The van der Waals surface area contributed by atoms with Crippen molar-refractivity contribution in [2.24, 2.45) is 0 Å². The molecule has 1 aliphatic heterocycles. The van der Waals surface area contributed by atoms with Gasteiger partial charge in [0.05, 0.1) is 17.9 Å². The molecule has 0 aliphatic carbocycles. The van der Waals surface area contributed by atoms with E-state index in [0.29, 0.717) is 5.95 Å². The number of rotatable bonds is 2. The molecule has 1 aromatic heterocycles. The third kappa shape index (κ3) is 2.58. The number of anilines is 2. The number of nitrogens with zero attached hydrogens (tertiary/aromatic N) is 2. The Morgan fingerprint density at radius 3 is 2.79 bits per heavy atom. The fraction of sp³-hybridized carbons (Fsp3) is 0.333. The molecule has 2 unspecified atom stereocenters. The third-order valence-corrected chi connectivity index (χ3v) is 3.29. The molecule has 98 valence electrons. The van der Waals surface area contributed by atoms with Gasteiger partial charge < -0.3 is 10.1 Å². The van der Waals surface area contributed by atoms with Gasteiger partial charge in [0.15, 0.2) is 0 Å². The number of fused-ring (bicyclic) bond motifs is 1. The van der Waals surface area contributed by atoms with Crippen LogP contribution in [-0.4, -0.2) is 16.1 Å². The summed E-state index contributed by atoms with van der Waals surface area (Å²) in [5.74, 6) is 0.645. The normalized spacial score (nSPS) is 21.8. The molecule has 0 spiro atoms. The first-order chi connectivity index (χ1) is 9.22. The first kappa shape index (κ1) is 12.1. The molecule has 0 saturated heterocycles. The van der Waals surface area contributed by atoms with Crippen molar-refractivity contribution in [3.63, 3.8) is 0 Å². The zero-order valence-corrected chi connectivity index (χ0v) is 11.1. The summed E-state index contributed by atoms with van der Waals surface area (Å²) in [6.07, 6.45) is 2.99. The molecule has 2 atom stereocenters. The van der Waals surface area contributed by atoms with Crippen LogP contribution in [-0.2, 0) is 11.2 Å². The highest BCUT2D eigenvalue weighted by atomic mass is 16.5. The van der Waals surface area contributed by atoms with E-state index >= 15 is 0 Å². The van der Waals surface area contributed by atoms with Crippen molar-refractivity contribution >= 4 is 11.6 Å². The molecular formula is C15H17N3O. The minimum atomic E-state index is 0.0736. The Labute approximate surface area is 112 Å². The SMILES string of the molecule is CC1Cc2nc(Nc3ccccc3)ncc2C(C)O1. The number of ether oxygens (including phenoxy) is 1. The summed E-state index contributed by atoms with van der Waals surface area (Å²) >= 11 is 0. The summed E-state index contributed by atoms with van der Waals surface area (Å²) in [7, 11) is 0. The number of aromatic nitrogens is 2. The average Bonchev–Trinajstić information content (AvgIpc) is 2.39. The first-order valence-corrected chi connectivity index (χ1v) is 6.55. The Morgan fingerprint density at radius 1 is 1.21 bits per heavy atom. The van der Waals surface area contributed by atoms with Crippen molar-refractivity contribution in [3.05, 3.63) is 47.8 Å². The van der Waals surface area contributed by atoms with E-state index in [1.165, 1.54) is 0 Å². The highest BCUT2D eigenvalue weighted by Gasteiger charge is 2.23. The Balaban J connectivity index is 1.87. The summed E-state index contributed by atoms with van der Waals surface area (Å²) in [6, 6.07) is 9.95. The van der Waals surface area contributed by atoms with Crippen molar-refractivity contribution < 1.29 is 4.74 Å². The van der Waals surface area contributed by atoms with Crippen LogP contribution in [0.4, 0.5) is 11.6 Å². The van der Waals surface area contributed by atoms with Gasteiger partial charge in [0, 0.05) is 23.9 Å². The smallest absolute Gasteiger partial charge is 0.227 e. The third-order valence-electron chi connectivity index (χ3n) is 3.29. The maximum Gasteiger partial charge on any atom is 0.227 e. The molecule has 0 bridgehead atoms. The monoisotopic (exact) mass is 255 g/mol. The van der Waals surface area contributed by atoms with Gasteiger partial charge in [0.1, 0.15) is 0 Å². The number of hydrogen-bond donors (Lipinski definition) is 1. The van der Waals surface area contributed by atoms with Gasteiger partial charge in [0.25, 0.3) is 0 Å². The fourth-order valence-electron chi connectivity index (χ4n) is 2.38. The van der Waals surface area contributed by atoms with Crippen molar-refractivity contribution in [1.82, 2.24) is 9.97 Å². The number of benzene rings is 1. The van der Waals surface area contributed by atoms with Gasteiger partial charge in [0.2, 0.25) is 5.95 Å². The average molecular weight is 255 g/mol. The lowest BCUT2D eigenvalue weighted by Crippen LogP contribution is -2.23. The highest BCUT2D eigenvalue weighted by molar-refractivity contribution is 5.53. The number of nitrogens with one attached hydrogen (secondary N) is 1. The van der Waals surface area contributed by atoms with Crippen LogP contribution in [0.1, 0.15) is 31.2 Å². The molecule has 0 fully saturated rings. The maximum atomic E-state index is 5.77. The number of hydrogen-bond acceptors (Lipinski definition) is 4. The molecule has 1 N–H and O–H groups in total. The maximum absolute atomic E-state index is 5.77. The molecule has 0 amide bonds. The molecule has 0 saturated carbocycles. The topological polar surface area (TPSA) is 47.0 Å². The van der Waals surface area contributed by atoms with Gasteiger partial charge in [-0.2, -0.15) is 0 Å². The summed E-state index contributed by atoms with van der Waals surface area (Å²) < 4.78 is 5.77. The van der Waals surface area contributed by atoms with E-state index in [2.05, 4.69) is 22.2 Å². The van der Waals surface area contributed by atoms with Crippen LogP contribution >= 0.6 is 0 Å². The zero-order chi connectivity index (χ0) is 13.2. The lowest BCUT2D eigenvalue weighted by Gasteiger charge is -2.27. The minimum absolute atomic E-state index is 0.0736. The molecule has 1 aromatic carbocycles. The molecule has 1 aliphatic rings. The van der Waals surface area contributed by atoms with Crippen LogP contribution in [0.3, 0.4) is 0 Å². The van der Waals surface area contributed by atoms with E-state index in [1.54, 1.807) is 0 Å². The molecule has 0 radical (unpaired) electrons. The lowest BCUT2D eigenvalue weighted by atomic mass is 10.0. The molecular weight excluding hydrogens is 238 g/mol. The molecule has 4 heteroatoms. The Kier molecular flexibility index (Phi) is 3.17. The summed E-state index contributed by atoms with van der Waals surface area (Å²) in [4.78, 5) is 8.97. The van der Waals surface area contributed by atoms with E-state index in [9.17, 15) is 0 Å². The van der Waals surface area contributed by atoms with Crippen molar-refractivity contribution in [1.29, 1.82) is 0 Å². The predicted octanol–water partition coefficient (Wildman–Crippen LogP) is 3.24. The van der Waals surface area contributed by atoms with Gasteiger partial charge in [-0.05, 0) is 26.0 Å². The summed E-state index contributed by atoms with van der Waals surface area (Å²) in [5.41, 5.74) is 3.17. The minimum Gasteiger partial charge on any atom is -0.370 e. The first-order valence-electron chi connectivity index (χ1n) is 6.55. The second kappa shape index (κ2) is 4.97. The molecule has 2 heterocycles. The van der Waals surface area contributed by atoms with Crippen LogP contribution in [0, 0.1) is 0 Å². The van der Waals surface area contributed by atoms with Gasteiger partial charge in [-0.25, -0.2) is 9.97 Å². The van der Waals surface area contributed by atoms with Crippen LogP contribution in [0.15, 0.2) is 36.5 Å². The predicted molar refractivity (Wildman–Crippen MR) is 74.4 cm³/mol. The van der Waals surface area contributed by atoms with E-state index in [4.69, 9.17) is 4.74 Å². The van der Waals surface area contributed by atoms with Crippen LogP contribution in [0.25, 0.3) is 0 Å².